The van der Waals surface area contributed by atoms with Crippen molar-refractivity contribution in [2.24, 2.45) is 5.73 Å². The summed E-state index contributed by atoms with van der Waals surface area (Å²) in [6, 6.07) is 1.60. The number of hydrogen-bond donors (Lipinski definition) is 2. The molecular formula is C12H14F3N3O3. The van der Waals surface area contributed by atoms with Crippen molar-refractivity contribution in [1.82, 2.24) is 4.98 Å². The number of pyridine rings is 1. The summed E-state index contributed by atoms with van der Waals surface area (Å²) < 4.78 is 42.4. The number of carbonyl (C=O) groups is 2. The molecule has 0 spiro atoms. The molecule has 0 saturated carbocycles. The van der Waals surface area contributed by atoms with Gasteiger partial charge in [0.25, 0.3) is 5.91 Å². The van der Waals surface area contributed by atoms with Crippen molar-refractivity contribution in [2.75, 3.05) is 18.5 Å². The van der Waals surface area contributed by atoms with Gasteiger partial charge in [0.1, 0.15) is 11.5 Å². The molecule has 0 unspecified atom stereocenters. The number of halogens is 3. The lowest BCUT2D eigenvalue weighted by molar-refractivity contribution is -0.143. The van der Waals surface area contributed by atoms with E-state index < -0.39 is 23.7 Å². The summed E-state index contributed by atoms with van der Waals surface area (Å²) in [6.45, 7) is 1.80. The fraction of sp³-hybridized carbons (Fsp3) is 0.417. The number of esters is 1. The van der Waals surface area contributed by atoms with Gasteiger partial charge < -0.3 is 15.8 Å². The zero-order valence-electron chi connectivity index (χ0n) is 11.2. The maximum absolute atomic E-state index is 12.6. The molecule has 0 atom stereocenters. The second kappa shape index (κ2) is 6.91. The molecule has 1 aromatic rings. The van der Waals surface area contributed by atoms with E-state index >= 15 is 0 Å². The number of aromatic nitrogens is 1. The largest absolute Gasteiger partial charge is 0.466 e. The Balaban J connectivity index is 2.87. The minimum absolute atomic E-state index is 0.0343. The number of amides is 1. The molecule has 0 aliphatic rings. The van der Waals surface area contributed by atoms with E-state index in [0.717, 1.165) is 6.07 Å². The van der Waals surface area contributed by atoms with Crippen LogP contribution in [0, 0.1) is 0 Å². The number of nitrogens with zero attached hydrogens (tertiary/aromatic N) is 1. The third-order valence-electron chi connectivity index (χ3n) is 2.38. The molecule has 116 valence electrons. The maximum Gasteiger partial charge on any atom is 0.433 e. The number of ether oxygens (including phenoxy) is 1. The van der Waals surface area contributed by atoms with Gasteiger partial charge >= 0.3 is 12.1 Å². The number of nitrogens with two attached hydrogens (primary N) is 1. The highest BCUT2D eigenvalue weighted by molar-refractivity contribution is 5.97. The van der Waals surface area contributed by atoms with E-state index in [1.54, 1.807) is 6.92 Å². The van der Waals surface area contributed by atoms with E-state index in [2.05, 4.69) is 15.0 Å². The Morgan fingerprint density at radius 1 is 1.38 bits per heavy atom. The molecule has 3 N–H and O–H groups in total. The van der Waals surface area contributed by atoms with E-state index in [9.17, 15) is 22.8 Å². The van der Waals surface area contributed by atoms with Crippen LogP contribution in [0.3, 0.4) is 0 Å². The highest BCUT2D eigenvalue weighted by Gasteiger charge is 2.33. The van der Waals surface area contributed by atoms with Crippen LogP contribution in [-0.2, 0) is 15.7 Å². The highest BCUT2D eigenvalue weighted by Crippen LogP contribution is 2.29. The van der Waals surface area contributed by atoms with Crippen LogP contribution >= 0.6 is 0 Å². The predicted molar refractivity (Wildman–Crippen MR) is 67.5 cm³/mol. The normalized spacial score (nSPS) is 11.0. The summed E-state index contributed by atoms with van der Waals surface area (Å²) in [5.74, 6) is -1.76. The van der Waals surface area contributed by atoms with Crippen molar-refractivity contribution in [3.05, 3.63) is 23.4 Å². The minimum Gasteiger partial charge on any atom is -0.466 e. The SMILES string of the molecule is CCOC(=O)CCNc1nc(C(F)(F)F)ccc1C(N)=O. The molecule has 21 heavy (non-hydrogen) atoms. The monoisotopic (exact) mass is 305 g/mol. The van der Waals surface area contributed by atoms with Gasteiger partial charge in [0, 0.05) is 6.54 Å². The smallest absolute Gasteiger partial charge is 0.433 e. The predicted octanol–water partition coefficient (Wildman–Crippen LogP) is 1.56. The molecule has 1 heterocycles. The Bertz CT molecular complexity index is 532. The lowest BCUT2D eigenvalue weighted by Gasteiger charge is -2.12. The number of anilines is 1. The molecule has 1 amide bonds. The van der Waals surface area contributed by atoms with E-state index in [1.165, 1.54) is 0 Å². The molecule has 1 aromatic heterocycles. The number of rotatable bonds is 6. The molecule has 1 rings (SSSR count). The van der Waals surface area contributed by atoms with E-state index in [4.69, 9.17) is 5.73 Å². The molecule has 0 saturated heterocycles. The van der Waals surface area contributed by atoms with E-state index in [1.807, 2.05) is 0 Å². The number of alkyl halides is 3. The Kier molecular flexibility index (Phi) is 5.51. The number of primary amides is 1. The van der Waals surface area contributed by atoms with Gasteiger partial charge in [0.2, 0.25) is 0 Å². The van der Waals surface area contributed by atoms with Crippen LogP contribution in [0.25, 0.3) is 0 Å². The molecule has 9 heteroatoms. The van der Waals surface area contributed by atoms with Crippen LogP contribution in [-0.4, -0.2) is 30.0 Å². The van der Waals surface area contributed by atoms with Crippen molar-refractivity contribution < 1.29 is 27.5 Å². The lowest BCUT2D eigenvalue weighted by Crippen LogP contribution is -2.20. The minimum atomic E-state index is -4.65. The summed E-state index contributed by atoms with van der Waals surface area (Å²) in [5.41, 5.74) is 3.71. The highest BCUT2D eigenvalue weighted by atomic mass is 19.4. The van der Waals surface area contributed by atoms with Gasteiger partial charge in [-0.2, -0.15) is 13.2 Å². The fourth-order valence-electron chi connectivity index (χ4n) is 1.47. The van der Waals surface area contributed by atoms with Gasteiger partial charge in [-0.25, -0.2) is 4.98 Å². The number of nitrogens with one attached hydrogen (secondary N) is 1. The van der Waals surface area contributed by atoms with Crippen molar-refractivity contribution in [1.29, 1.82) is 0 Å². The standard InChI is InChI=1S/C12H14F3N3O3/c1-2-21-9(19)5-6-17-11-7(10(16)20)3-4-8(18-11)12(13,14)15/h3-4H,2,5-6H2,1H3,(H2,16,20)(H,17,18). The zero-order chi connectivity index (χ0) is 16.0. The quantitative estimate of drug-likeness (QED) is 0.778. The summed E-state index contributed by atoms with van der Waals surface area (Å²) in [7, 11) is 0. The third-order valence-corrected chi connectivity index (χ3v) is 2.38. The van der Waals surface area contributed by atoms with Crippen LogP contribution < -0.4 is 11.1 Å². The summed E-state index contributed by atoms with van der Waals surface area (Å²) in [5, 5.41) is 2.48. The molecule has 0 radical (unpaired) electrons. The summed E-state index contributed by atoms with van der Waals surface area (Å²) >= 11 is 0. The average Bonchev–Trinajstić information content (AvgIpc) is 2.37. The van der Waals surface area contributed by atoms with Crippen LogP contribution in [0.1, 0.15) is 29.4 Å². The lowest BCUT2D eigenvalue weighted by atomic mass is 10.2. The summed E-state index contributed by atoms with van der Waals surface area (Å²) in [6.07, 6.45) is -4.72. The van der Waals surface area contributed by atoms with Gasteiger partial charge in [-0.1, -0.05) is 0 Å². The molecule has 0 bridgehead atoms. The molecule has 6 nitrogen and oxygen atoms in total. The van der Waals surface area contributed by atoms with Gasteiger partial charge in [-0.15, -0.1) is 0 Å². The first-order chi connectivity index (χ1) is 9.75. The first-order valence-corrected chi connectivity index (χ1v) is 6.03. The van der Waals surface area contributed by atoms with Gasteiger partial charge in [-0.3, -0.25) is 9.59 Å². The Morgan fingerprint density at radius 2 is 2.05 bits per heavy atom. The second-order valence-electron chi connectivity index (χ2n) is 3.94. The summed E-state index contributed by atoms with van der Waals surface area (Å²) in [4.78, 5) is 25.6. The number of carbonyl (C=O) groups excluding carboxylic acids is 2. The fourth-order valence-corrected chi connectivity index (χ4v) is 1.47. The second-order valence-corrected chi connectivity index (χ2v) is 3.94. The molecular weight excluding hydrogens is 291 g/mol. The number of hydrogen-bond acceptors (Lipinski definition) is 5. The van der Waals surface area contributed by atoms with Crippen molar-refractivity contribution in [3.63, 3.8) is 0 Å². The topological polar surface area (TPSA) is 94.3 Å². The van der Waals surface area contributed by atoms with E-state index in [-0.39, 0.29) is 31.0 Å². The van der Waals surface area contributed by atoms with Crippen molar-refractivity contribution in [3.8, 4) is 0 Å². The maximum atomic E-state index is 12.6. The van der Waals surface area contributed by atoms with Crippen LogP contribution in [0.2, 0.25) is 0 Å². The van der Waals surface area contributed by atoms with Crippen molar-refractivity contribution >= 4 is 17.7 Å². The Labute approximate surface area is 118 Å². The van der Waals surface area contributed by atoms with Crippen molar-refractivity contribution in [2.45, 2.75) is 19.5 Å². The molecule has 0 aliphatic carbocycles. The average molecular weight is 305 g/mol. The first kappa shape index (κ1) is 16.7. The van der Waals surface area contributed by atoms with Crippen LogP contribution in [0.15, 0.2) is 12.1 Å². The molecule has 0 aliphatic heterocycles. The Morgan fingerprint density at radius 3 is 2.57 bits per heavy atom. The zero-order valence-corrected chi connectivity index (χ0v) is 11.2. The third kappa shape index (κ3) is 4.93. The molecule has 0 fully saturated rings. The first-order valence-electron chi connectivity index (χ1n) is 6.03. The van der Waals surface area contributed by atoms with Gasteiger partial charge in [0.05, 0.1) is 18.6 Å². The van der Waals surface area contributed by atoms with Crippen LogP contribution in [0.4, 0.5) is 19.0 Å². The van der Waals surface area contributed by atoms with Gasteiger partial charge in [-0.05, 0) is 19.1 Å². The van der Waals surface area contributed by atoms with Crippen LogP contribution in [0.5, 0.6) is 0 Å². The molecule has 0 aromatic carbocycles. The van der Waals surface area contributed by atoms with E-state index in [0.29, 0.717) is 6.07 Å². The van der Waals surface area contributed by atoms with Gasteiger partial charge in [0.15, 0.2) is 0 Å². The Hall–Kier alpha value is -2.32.